The first kappa shape index (κ1) is 27.4. The highest BCUT2D eigenvalue weighted by molar-refractivity contribution is 5.94. The molecule has 0 atom stereocenters. The van der Waals surface area contributed by atoms with E-state index >= 15 is 0 Å². The van der Waals surface area contributed by atoms with Crippen molar-refractivity contribution in [2.45, 2.75) is 31.9 Å². The van der Waals surface area contributed by atoms with Crippen LogP contribution in [-0.2, 0) is 6.54 Å². The average Bonchev–Trinajstić information content (AvgIpc) is 2.92. The largest absolute Gasteiger partial charge is 0.490 e. The highest BCUT2D eigenvalue weighted by Gasteiger charge is 2.21. The summed E-state index contributed by atoms with van der Waals surface area (Å²) in [5, 5.41) is 2.99. The average molecular weight is 514 g/mol. The van der Waals surface area contributed by atoms with E-state index in [-0.39, 0.29) is 17.8 Å². The van der Waals surface area contributed by atoms with Crippen molar-refractivity contribution in [3.8, 4) is 17.6 Å². The standard InChI is InChI=1S/C32H36FN3O2/c1-35(2)19-5-18-34-32(37)28-8-4-9-31(23-28)38-30-16-20-36(21-17-30)24-27-7-3-6-26(22-27)11-10-25-12-14-29(33)15-13-25/h3-4,6-9,12-15,22-23,30H,5,16-21,24H2,1-2H3,(H,34,37). The molecule has 1 N–H and O–H groups in total. The van der Waals surface area contributed by atoms with Gasteiger partial charge < -0.3 is 15.0 Å². The fourth-order valence-corrected chi connectivity index (χ4v) is 4.47. The van der Waals surface area contributed by atoms with Gasteiger partial charge in [-0.1, -0.05) is 30.0 Å². The third-order valence-electron chi connectivity index (χ3n) is 6.53. The Hall–Kier alpha value is -3.66. The molecule has 1 aliphatic heterocycles. The molecule has 5 nitrogen and oxygen atoms in total. The van der Waals surface area contributed by atoms with Crippen LogP contribution in [0.15, 0.2) is 72.8 Å². The first-order valence-electron chi connectivity index (χ1n) is 13.2. The van der Waals surface area contributed by atoms with Gasteiger partial charge in [-0.15, -0.1) is 0 Å². The van der Waals surface area contributed by atoms with Crippen LogP contribution in [0.3, 0.4) is 0 Å². The first-order valence-corrected chi connectivity index (χ1v) is 13.2. The van der Waals surface area contributed by atoms with Crippen molar-refractivity contribution in [3.63, 3.8) is 0 Å². The van der Waals surface area contributed by atoms with Crippen LogP contribution >= 0.6 is 0 Å². The van der Waals surface area contributed by atoms with E-state index in [1.54, 1.807) is 12.1 Å². The summed E-state index contributed by atoms with van der Waals surface area (Å²) in [6.07, 6.45) is 2.93. The minimum Gasteiger partial charge on any atom is -0.490 e. The summed E-state index contributed by atoms with van der Waals surface area (Å²) in [5.74, 6) is 6.71. The molecule has 0 radical (unpaired) electrons. The number of rotatable bonds is 9. The highest BCUT2D eigenvalue weighted by atomic mass is 19.1. The fourth-order valence-electron chi connectivity index (χ4n) is 4.47. The Labute approximate surface area is 225 Å². The van der Waals surface area contributed by atoms with Crippen LogP contribution in [0.2, 0.25) is 0 Å². The lowest BCUT2D eigenvalue weighted by Crippen LogP contribution is -2.37. The summed E-state index contributed by atoms with van der Waals surface area (Å²) in [6.45, 7) is 4.36. The monoisotopic (exact) mass is 513 g/mol. The van der Waals surface area contributed by atoms with Crippen molar-refractivity contribution in [1.29, 1.82) is 0 Å². The van der Waals surface area contributed by atoms with Gasteiger partial charge in [0.1, 0.15) is 17.7 Å². The summed E-state index contributed by atoms with van der Waals surface area (Å²) in [5.41, 5.74) is 3.60. The van der Waals surface area contributed by atoms with Crippen LogP contribution in [0.25, 0.3) is 0 Å². The number of piperidine rings is 1. The molecule has 4 rings (SSSR count). The van der Waals surface area contributed by atoms with Gasteiger partial charge in [-0.05, 0) is 100 Å². The predicted octanol–water partition coefficient (Wildman–Crippen LogP) is 4.95. The van der Waals surface area contributed by atoms with Crippen LogP contribution in [0.4, 0.5) is 4.39 Å². The molecule has 0 spiro atoms. The molecule has 1 heterocycles. The topological polar surface area (TPSA) is 44.8 Å². The van der Waals surface area contributed by atoms with Crippen LogP contribution in [0.5, 0.6) is 5.75 Å². The van der Waals surface area contributed by atoms with Crippen LogP contribution < -0.4 is 10.1 Å². The van der Waals surface area contributed by atoms with Crippen molar-refractivity contribution in [3.05, 3.63) is 101 Å². The molecule has 198 valence electrons. The van der Waals surface area contributed by atoms with Gasteiger partial charge in [0, 0.05) is 42.9 Å². The third kappa shape index (κ3) is 8.72. The quantitative estimate of drug-likeness (QED) is 0.325. The molecule has 6 heteroatoms. The minimum absolute atomic E-state index is 0.0615. The number of nitrogens with one attached hydrogen (secondary N) is 1. The first-order chi connectivity index (χ1) is 18.4. The van der Waals surface area contributed by atoms with Gasteiger partial charge in [-0.2, -0.15) is 0 Å². The van der Waals surface area contributed by atoms with Crippen molar-refractivity contribution in [2.75, 3.05) is 40.3 Å². The number of ether oxygens (including phenoxy) is 1. The molecule has 0 aromatic heterocycles. The van der Waals surface area contributed by atoms with Gasteiger partial charge in [0.25, 0.3) is 5.91 Å². The SMILES string of the molecule is CN(C)CCCNC(=O)c1cccc(OC2CCN(Cc3cccc(C#Cc4ccc(F)cc4)c3)CC2)c1. The maximum absolute atomic E-state index is 13.1. The molecule has 3 aromatic rings. The van der Waals surface area contributed by atoms with E-state index in [9.17, 15) is 9.18 Å². The minimum atomic E-state index is -0.255. The zero-order valence-corrected chi connectivity index (χ0v) is 22.3. The lowest BCUT2D eigenvalue weighted by atomic mass is 10.1. The number of carbonyl (C=O) groups excluding carboxylic acids is 1. The molecule has 3 aromatic carbocycles. The van der Waals surface area contributed by atoms with Gasteiger partial charge in [-0.3, -0.25) is 9.69 Å². The Kier molecular flexibility index (Phi) is 9.91. The molecular formula is C32H36FN3O2. The number of hydrogen-bond acceptors (Lipinski definition) is 4. The molecule has 0 unspecified atom stereocenters. The van der Waals surface area contributed by atoms with Gasteiger partial charge >= 0.3 is 0 Å². The molecule has 0 aliphatic carbocycles. The second kappa shape index (κ2) is 13.8. The number of amides is 1. The third-order valence-corrected chi connectivity index (χ3v) is 6.53. The van der Waals surface area contributed by atoms with Gasteiger partial charge in [0.15, 0.2) is 0 Å². The Morgan fingerprint density at radius 3 is 2.50 bits per heavy atom. The molecule has 0 saturated carbocycles. The molecule has 1 aliphatic rings. The molecule has 1 amide bonds. The zero-order chi connectivity index (χ0) is 26.7. The molecule has 1 fully saturated rings. The molecule has 38 heavy (non-hydrogen) atoms. The summed E-state index contributed by atoms with van der Waals surface area (Å²) < 4.78 is 19.3. The number of likely N-dealkylation sites (tertiary alicyclic amines) is 1. The Balaban J connectivity index is 1.24. The molecular weight excluding hydrogens is 477 g/mol. The van der Waals surface area contributed by atoms with Gasteiger partial charge in [-0.25, -0.2) is 4.39 Å². The van der Waals surface area contributed by atoms with E-state index in [0.717, 1.165) is 62.3 Å². The van der Waals surface area contributed by atoms with Crippen LogP contribution in [0.1, 0.15) is 46.3 Å². The summed E-state index contributed by atoms with van der Waals surface area (Å²) >= 11 is 0. The van der Waals surface area contributed by atoms with Crippen molar-refractivity contribution in [1.82, 2.24) is 15.1 Å². The van der Waals surface area contributed by atoms with E-state index < -0.39 is 0 Å². The lowest BCUT2D eigenvalue weighted by Gasteiger charge is -2.32. The maximum atomic E-state index is 13.1. The van der Waals surface area contributed by atoms with E-state index in [2.05, 4.69) is 39.1 Å². The predicted molar refractivity (Wildman–Crippen MR) is 150 cm³/mol. The van der Waals surface area contributed by atoms with Crippen LogP contribution in [-0.4, -0.2) is 62.1 Å². The summed E-state index contributed by atoms with van der Waals surface area (Å²) in [7, 11) is 4.05. The van der Waals surface area contributed by atoms with Gasteiger partial charge in [0.2, 0.25) is 0 Å². The Morgan fingerprint density at radius 1 is 1.00 bits per heavy atom. The van der Waals surface area contributed by atoms with E-state index in [0.29, 0.717) is 12.1 Å². The van der Waals surface area contributed by atoms with Gasteiger partial charge in [0.05, 0.1) is 0 Å². The molecule has 0 bridgehead atoms. The second-order valence-electron chi connectivity index (χ2n) is 9.99. The number of nitrogens with zero attached hydrogens (tertiary/aromatic N) is 2. The van der Waals surface area contributed by atoms with E-state index in [4.69, 9.17) is 4.74 Å². The van der Waals surface area contributed by atoms with Crippen molar-refractivity contribution >= 4 is 5.91 Å². The van der Waals surface area contributed by atoms with Crippen molar-refractivity contribution < 1.29 is 13.9 Å². The Morgan fingerprint density at radius 2 is 1.74 bits per heavy atom. The second-order valence-corrected chi connectivity index (χ2v) is 9.99. The molecule has 1 saturated heterocycles. The normalized spacial score (nSPS) is 14.1. The fraction of sp³-hybridized carbons (Fsp3) is 0.344. The van der Waals surface area contributed by atoms with E-state index in [1.807, 2.05) is 50.5 Å². The highest BCUT2D eigenvalue weighted by Crippen LogP contribution is 2.21. The zero-order valence-electron chi connectivity index (χ0n) is 22.3. The summed E-state index contributed by atoms with van der Waals surface area (Å²) in [6, 6.07) is 22.0. The maximum Gasteiger partial charge on any atom is 0.251 e. The number of halogens is 1. The Bertz CT molecular complexity index is 1260. The lowest BCUT2D eigenvalue weighted by molar-refractivity contribution is 0.0935. The number of carbonyl (C=O) groups is 1. The van der Waals surface area contributed by atoms with E-state index in [1.165, 1.54) is 17.7 Å². The number of benzene rings is 3. The number of hydrogen-bond donors (Lipinski definition) is 1. The smallest absolute Gasteiger partial charge is 0.251 e. The van der Waals surface area contributed by atoms with Crippen molar-refractivity contribution in [2.24, 2.45) is 0 Å². The van der Waals surface area contributed by atoms with Crippen LogP contribution in [0, 0.1) is 17.7 Å². The summed E-state index contributed by atoms with van der Waals surface area (Å²) in [4.78, 5) is 17.0.